The molecule has 0 unspecified atom stereocenters. The smallest absolute Gasteiger partial charge is 0.332 e. The highest BCUT2D eigenvalue weighted by Gasteiger charge is 2.32. The summed E-state index contributed by atoms with van der Waals surface area (Å²) in [4.78, 5) is 36.9. The van der Waals surface area contributed by atoms with Crippen LogP contribution in [0, 0.1) is 0 Å². The average molecular weight is 233 g/mol. The Balaban J connectivity index is 0.000000487. The lowest BCUT2D eigenvalue weighted by Crippen LogP contribution is -2.31. The number of carbonyl (C=O) groups excluding carboxylic acids is 3. The summed E-state index contributed by atoms with van der Waals surface area (Å²) in [6, 6.07) is 0. The largest absolute Gasteiger partial charge is 0.394 e. The maximum Gasteiger partial charge on any atom is 0.332 e. The molecule has 0 radical (unpaired) electrons. The van der Waals surface area contributed by atoms with Gasteiger partial charge in [-0.05, 0) is 0 Å². The number of aliphatic hydroxyl groups excluding tert-OH is 2. The molecule has 0 atom stereocenters. The quantitative estimate of drug-likeness (QED) is 0.604. The van der Waals surface area contributed by atoms with Crippen molar-refractivity contribution in [3.8, 4) is 0 Å². The highest BCUT2D eigenvalue weighted by molar-refractivity contribution is 6.01. The predicted octanol–water partition coefficient (Wildman–Crippen LogP) is -1.03. The first-order chi connectivity index (χ1) is 7.56. The van der Waals surface area contributed by atoms with E-state index < -0.39 is 17.8 Å². The van der Waals surface area contributed by atoms with Crippen LogP contribution < -0.4 is 0 Å². The lowest BCUT2D eigenvalue weighted by atomic mass is 10.4. The zero-order chi connectivity index (χ0) is 12.6. The molecule has 0 spiro atoms. The van der Waals surface area contributed by atoms with Crippen molar-refractivity contribution < 1.29 is 29.4 Å². The minimum Gasteiger partial charge on any atom is -0.394 e. The van der Waals surface area contributed by atoms with Crippen LogP contribution in [0.25, 0.3) is 0 Å². The number of hydrogen-bond donors (Lipinski definition) is 2. The second kappa shape index (κ2) is 7.77. The molecular formula is C9H15NO6. The van der Waals surface area contributed by atoms with Gasteiger partial charge in [-0.25, -0.2) is 4.79 Å². The van der Waals surface area contributed by atoms with E-state index in [9.17, 15) is 14.4 Å². The van der Waals surface area contributed by atoms with Crippen molar-refractivity contribution in [2.45, 2.75) is 26.2 Å². The fraction of sp³-hybridized carbons (Fsp3) is 0.667. The Hall–Kier alpha value is -1.47. The van der Waals surface area contributed by atoms with Gasteiger partial charge in [0.05, 0.1) is 13.2 Å². The Morgan fingerprint density at radius 2 is 1.69 bits per heavy atom. The molecule has 1 aliphatic rings. The SMILES string of the molecule is CCC(=O)ON1C(=O)CCC1=O.OCCO. The summed E-state index contributed by atoms with van der Waals surface area (Å²) >= 11 is 0. The second-order valence-electron chi connectivity index (χ2n) is 2.85. The van der Waals surface area contributed by atoms with Gasteiger partial charge in [0, 0.05) is 19.3 Å². The molecule has 0 aromatic heterocycles. The van der Waals surface area contributed by atoms with E-state index in [-0.39, 0.29) is 32.5 Å². The summed E-state index contributed by atoms with van der Waals surface area (Å²) in [5.41, 5.74) is 0. The normalized spacial score (nSPS) is 14.6. The third-order valence-electron chi connectivity index (χ3n) is 1.59. The van der Waals surface area contributed by atoms with Gasteiger partial charge in [-0.15, -0.1) is 5.06 Å². The topological polar surface area (TPSA) is 104 Å². The molecule has 92 valence electrons. The van der Waals surface area contributed by atoms with Gasteiger partial charge in [0.1, 0.15) is 0 Å². The number of aliphatic hydroxyl groups is 2. The lowest BCUT2D eigenvalue weighted by molar-refractivity contribution is -0.197. The van der Waals surface area contributed by atoms with Crippen LogP contribution in [0.15, 0.2) is 0 Å². The molecule has 0 aromatic rings. The van der Waals surface area contributed by atoms with E-state index in [0.717, 1.165) is 0 Å². The second-order valence-corrected chi connectivity index (χ2v) is 2.85. The minimum absolute atomic E-state index is 0.125. The Bertz CT molecular complexity index is 247. The van der Waals surface area contributed by atoms with Crippen LogP contribution in [-0.4, -0.2) is 46.3 Å². The van der Waals surface area contributed by atoms with Crippen LogP contribution in [0.4, 0.5) is 0 Å². The highest BCUT2D eigenvalue weighted by Crippen LogP contribution is 2.12. The molecule has 16 heavy (non-hydrogen) atoms. The standard InChI is InChI=1S/C7H9NO4.C2H6O2/c1-2-7(11)12-8-5(9)3-4-6(8)10;3-1-2-4/h2-4H2,1H3;3-4H,1-2H2. The summed E-state index contributed by atoms with van der Waals surface area (Å²) in [6.45, 7) is 1.34. The van der Waals surface area contributed by atoms with Crippen molar-refractivity contribution in [1.29, 1.82) is 0 Å². The van der Waals surface area contributed by atoms with Gasteiger partial charge in [0.15, 0.2) is 0 Å². The van der Waals surface area contributed by atoms with Gasteiger partial charge in [-0.2, -0.15) is 0 Å². The van der Waals surface area contributed by atoms with Gasteiger partial charge in [0.2, 0.25) is 0 Å². The van der Waals surface area contributed by atoms with Crippen LogP contribution in [0.5, 0.6) is 0 Å². The van der Waals surface area contributed by atoms with Crippen molar-refractivity contribution in [3.05, 3.63) is 0 Å². The Labute approximate surface area is 92.6 Å². The molecule has 0 bridgehead atoms. The molecule has 1 saturated heterocycles. The van der Waals surface area contributed by atoms with E-state index in [1.165, 1.54) is 0 Å². The van der Waals surface area contributed by atoms with Crippen molar-refractivity contribution in [2.75, 3.05) is 13.2 Å². The molecule has 1 rings (SSSR count). The first-order valence-electron chi connectivity index (χ1n) is 4.85. The zero-order valence-electron chi connectivity index (χ0n) is 9.01. The Kier molecular flexibility index (Phi) is 7.06. The van der Waals surface area contributed by atoms with Gasteiger partial charge in [-0.3, -0.25) is 9.59 Å². The molecule has 1 heterocycles. The molecule has 7 nitrogen and oxygen atoms in total. The van der Waals surface area contributed by atoms with E-state index in [4.69, 9.17) is 10.2 Å². The molecule has 0 aliphatic carbocycles. The molecule has 2 amide bonds. The van der Waals surface area contributed by atoms with Gasteiger partial charge >= 0.3 is 5.97 Å². The number of carbonyl (C=O) groups is 3. The van der Waals surface area contributed by atoms with Crippen molar-refractivity contribution in [2.24, 2.45) is 0 Å². The van der Waals surface area contributed by atoms with Crippen molar-refractivity contribution in [1.82, 2.24) is 5.06 Å². The van der Waals surface area contributed by atoms with E-state index in [0.29, 0.717) is 5.06 Å². The fourth-order valence-corrected chi connectivity index (χ4v) is 0.824. The third-order valence-corrected chi connectivity index (χ3v) is 1.59. The fourth-order valence-electron chi connectivity index (χ4n) is 0.824. The number of hydroxylamine groups is 2. The summed E-state index contributed by atoms with van der Waals surface area (Å²) in [6.07, 6.45) is 0.419. The monoisotopic (exact) mass is 233 g/mol. The van der Waals surface area contributed by atoms with Gasteiger partial charge < -0.3 is 15.1 Å². The third kappa shape index (κ3) is 4.85. The molecule has 0 saturated carbocycles. The van der Waals surface area contributed by atoms with E-state index in [1.807, 2.05) is 0 Å². The number of nitrogens with zero attached hydrogens (tertiary/aromatic N) is 1. The average Bonchev–Trinajstić information content (AvgIpc) is 2.61. The summed E-state index contributed by atoms with van der Waals surface area (Å²) in [5, 5.41) is 15.8. The Morgan fingerprint density at radius 1 is 1.25 bits per heavy atom. The van der Waals surface area contributed by atoms with Crippen molar-refractivity contribution in [3.63, 3.8) is 0 Å². The lowest BCUT2D eigenvalue weighted by Gasteiger charge is -2.10. The first kappa shape index (κ1) is 14.5. The van der Waals surface area contributed by atoms with Crippen LogP contribution in [-0.2, 0) is 19.2 Å². The molecule has 1 fully saturated rings. The number of hydrogen-bond acceptors (Lipinski definition) is 6. The minimum atomic E-state index is -0.571. The van der Waals surface area contributed by atoms with Crippen LogP contribution >= 0.6 is 0 Å². The molecular weight excluding hydrogens is 218 g/mol. The van der Waals surface area contributed by atoms with E-state index >= 15 is 0 Å². The van der Waals surface area contributed by atoms with E-state index in [1.54, 1.807) is 6.92 Å². The van der Waals surface area contributed by atoms with Crippen LogP contribution in [0.1, 0.15) is 26.2 Å². The van der Waals surface area contributed by atoms with Crippen LogP contribution in [0.2, 0.25) is 0 Å². The molecule has 1 aliphatic heterocycles. The van der Waals surface area contributed by atoms with E-state index in [2.05, 4.69) is 4.84 Å². The molecule has 2 N–H and O–H groups in total. The summed E-state index contributed by atoms with van der Waals surface area (Å²) in [5.74, 6) is -1.46. The maximum atomic E-state index is 10.9. The predicted molar refractivity (Wildman–Crippen MR) is 51.6 cm³/mol. The molecule has 7 heteroatoms. The summed E-state index contributed by atoms with van der Waals surface area (Å²) < 4.78 is 0. The highest BCUT2D eigenvalue weighted by atomic mass is 16.7. The zero-order valence-corrected chi connectivity index (χ0v) is 9.01. The summed E-state index contributed by atoms with van der Waals surface area (Å²) in [7, 11) is 0. The first-order valence-corrected chi connectivity index (χ1v) is 4.85. The van der Waals surface area contributed by atoms with Crippen LogP contribution in [0.3, 0.4) is 0 Å². The van der Waals surface area contributed by atoms with Gasteiger partial charge in [0.25, 0.3) is 11.8 Å². The number of rotatable bonds is 3. The molecule has 0 aromatic carbocycles. The Morgan fingerprint density at radius 3 is 2.00 bits per heavy atom. The van der Waals surface area contributed by atoms with Crippen molar-refractivity contribution >= 4 is 17.8 Å². The number of imide groups is 1. The van der Waals surface area contributed by atoms with Gasteiger partial charge in [-0.1, -0.05) is 6.92 Å². The number of amides is 2. The maximum absolute atomic E-state index is 10.9.